The van der Waals surface area contributed by atoms with E-state index in [-0.39, 0.29) is 39.3 Å². The Morgan fingerprint density at radius 3 is 2.65 bits per heavy atom. The van der Waals surface area contributed by atoms with E-state index in [4.69, 9.17) is 11.6 Å². The van der Waals surface area contributed by atoms with Gasteiger partial charge in [0, 0.05) is 41.3 Å². The van der Waals surface area contributed by atoms with E-state index in [0.717, 1.165) is 25.1 Å². The summed E-state index contributed by atoms with van der Waals surface area (Å²) in [5.74, 6) is -2.43. The first-order valence-electron chi connectivity index (χ1n) is 12.5. The summed E-state index contributed by atoms with van der Waals surface area (Å²) in [6.07, 6.45) is 8.84. The second kappa shape index (κ2) is 10.2. The van der Waals surface area contributed by atoms with Crippen molar-refractivity contribution in [3.05, 3.63) is 94.4 Å². The van der Waals surface area contributed by atoms with Crippen LogP contribution in [0.15, 0.2) is 55.2 Å². The normalized spacial score (nSPS) is 14.6. The molecular weight excluding hydrogens is 538 g/mol. The summed E-state index contributed by atoms with van der Waals surface area (Å²) in [5, 5.41) is 34.3. The van der Waals surface area contributed by atoms with Gasteiger partial charge in [0.1, 0.15) is 17.8 Å². The Morgan fingerprint density at radius 2 is 1.90 bits per heavy atom. The molecule has 1 aliphatic rings. The van der Waals surface area contributed by atoms with Crippen LogP contribution >= 0.6 is 11.6 Å². The molecule has 1 aromatic carbocycles. The zero-order valence-electron chi connectivity index (χ0n) is 21.4. The highest BCUT2D eigenvalue weighted by molar-refractivity contribution is 6.36. The zero-order chi connectivity index (χ0) is 28.7. The zero-order valence-corrected chi connectivity index (χ0v) is 21.2. The summed E-state index contributed by atoms with van der Waals surface area (Å²) in [6, 6.07) is 8.13. The van der Waals surface area contributed by atoms with Gasteiger partial charge >= 0.3 is 0 Å². The Kier molecular flexibility index (Phi) is 6.07. The van der Waals surface area contributed by atoms with Gasteiger partial charge in [-0.2, -0.15) is 14.9 Å². The molecular formula is C27H17ClF2N10. The first-order valence-corrected chi connectivity index (χ1v) is 12.3. The molecule has 0 unspecified atom stereocenters. The molecule has 1 atom stereocenters. The minimum absolute atomic E-state index is 0.0910. The van der Waals surface area contributed by atoms with Crippen LogP contribution in [0.1, 0.15) is 48.7 Å². The predicted molar refractivity (Wildman–Crippen MR) is 142 cm³/mol. The number of hydrogen-bond donors (Lipinski definition) is 2. The fraction of sp³-hybridized carbons (Fsp3) is 0.148. The van der Waals surface area contributed by atoms with Gasteiger partial charge < -0.3 is 10.6 Å². The molecule has 0 bridgehead atoms. The van der Waals surface area contributed by atoms with Gasteiger partial charge in [-0.1, -0.05) is 16.8 Å². The molecule has 196 valence electrons. The third kappa shape index (κ3) is 4.84. The number of hydrogen-bond acceptors (Lipinski definition) is 9. The Bertz CT molecular complexity index is 1910. The van der Waals surface area contributed by atoms with E-state index in [9.17, 15) is 20.7 Å². The first-order chi connectivity index (χ1) is 19.8. The lowest BCUT2D eigenvalue weighted by Crippen LogP contribution is -2.14. The number of nitrogens with one attached hydrogen (secondary N) is 2. The standard InChI is InChI=1S/C27H17ClF2N10/c28-21-5-17(4-20-24(16(8-32)11-34-26(20)21)37-18-6-22(29)27(30)35-12-18)36-25(15-3-14(7-31)9-33-10-15)23-13-40(39-38-23)19-1-2-19/h3-6,9-13,19,25,36H,1-2H2,(H,34,37)/t25-/m1/s1/i25D. The molecule has 1 saturated carbocycles. The van der Waals surface area contributed by atoms with Crippen LogP contribution in [0.2, 0.25) is 5.02 Å². The Hall–Kier alpha value is -5.20. The van der Waals surface area contributed by atoms with E-state index in [2.05, 4.69) is 35.9 Å². The van der Waals surface area contributed by atoms with Gasteiger partial charge in [-0.15, -0.1) is 5.10 Å². The van der Waals surface area contributed by atoms with Crippen LogP contribution in [0.25, 0.3) is 10.9 Å². The maximum atomic E-state index is 13.9. The van der Waals surface area contributed by atoms with Crippen LogP contribution < -0.4 is 10.6 Å². The number of nitrogens with zero attached hydrogens (tertiary/aromatic N) is 8. The van der Waals surface area contributed by atoms with Crippen molar-refractivity contribution in [3.8, 4) is 12.1 Å². The summed E-state index contributed by atoms with van der Waals surface area (Å²) in [4.78, 5) is 11.8. The fourth-order valence-corrected chi connectivity index (χ4v) is 4.43. The van der Waals surface area contributed by atoms with E-state index in [0.29, 0.717) is 22.2 Å². The van der Waals surface area contributed by atoms with Crippen LogP contribution in [0.4, 0.5) is 25.8 Å². The molecule has 1 aliphatic carbocycles. The topological polar surface area (TPSA) is 141 Å². The maximum Gasteiger partial charge on any atom is 0.249 e. The third-order valence-corrected chi connectivity index (χ3v) is 6.51. The molecule has 0 aliphatic heterocycles. The molecule has 0 spiro atoms. The molecule has 2 N–H and O–H groups in total. The summed E-state index contributed by atoms with van der Waals surface area (Å²) in [5.41, 5.74) is 1.90. The van der Waals surface area contributed by atoms with Crippen LogP contribution in [0.5, 0.6) is 0 Å². The second-order valence-electron chi connectivity index (χ2n) is 9.02. The Morgan fingerprint density at radius 1 is 1.05 bits per heavy atom. The van der Waals surface area contributed by atoms with E-state index in [1.54, 1.807) is 23.0 Å². The lowest BCUT2D eigenvalue weighted by molar-refractivity contribution is 0.480. The van der Waals surface area contributed by atoms with E-state index >= 15 is 0 Å². The first kappa shape index (κ1) is 23.9. The predicted octanol–water partition coefficient (Wildman–Crippen LogP) is 5.57. The summed E-state index contributed by atoms with van der Waals surface area (Å²) < 4.78 is 38.5. The lowest BCUT2D eigenvalue weighted by Gasteiger charge is -2.20. The van der Waals surface area contributed by atoms with Gasteiger partial charge in [-0.25, -0.2) is 14.1 Å². The molecule has 4 aromatic heterocycles. The molecule has 1 fully saturated rings. The highest BCUT2D eigenvalue weighted by Crippen LogP contribution is 2.38. The largest absolute Gasteiger partial charge is 0.373 e. The molecule has 10 nitrogen and oxygen atoms in total. The molecule has 4 heterocycles. The summed E-state index contributed by atoms with van der Waals surface area (Å²) in [6.45, 7) is 0. The van der Waals surface area contributed by atoms with Crippen LogP contribution in [-0.4, -0.2) is 29.9 Å². The molecule has 0 amide bonds. The van der Waals surface area contributed by atoms with Gasteiger partial charge in [-0.05, 0) is 31.0 Å². The van der Waals surface area contributed by atoms with E-state index in [1.165, 1.54) is 24.7 Å². The molecule has 40 heavy (non-hydrogen) atoms. The Balaban J connectivity index is 1.49. The number of fused-ring (bicyclic) bond motifs is 1. The SMILES string of the molecule is [2H][C@@](Nc1cc(Cl)c2ncc(C#N)c(Nc3cnc(F)c(F)c3)c2c1)(c1cncc(C#N)c1)c1cn(C2CC2)nn1. The lowest BCUT2D eigenvalue weighted by atomic mass is 10.0. The van der Waals surface area contributed by atoms with E-state index < -0.39 is 17.8 Å². The van der Waals surface area contributed by atoms with E-state index in [1.807, 2.05) is 12.1 Å². The smallest absolute Gasteiger partial charge is 0.249 e. The quantitative estimate of drug-likeness (QED) is 0.246. The van der Waals surface area contributed by atoms with Crippen molar-refractivity contribution in [1.29, 1.82) is 10.5 Å². The molecule has 6 rings (SSSR count). The number of rotatable bonds is 7. The number of aromatic nitrogens is 6. The molecule has 0 radical (unpaired) electrons. The van der Waals surface area contributed by atoms with Crippen molar-refractivity contribution in [2.45, 2.75) is 24.9 Å². The van der Waals surface area contributed by atoms with Gasteiger partial charge in [0.25, 0.3) is 0 Å². The average Bonchev–Trinajstić information content (AvgIpc) is 3.70. The number of nitriles is 2. The van der Waals surface area contributed by atoms with Crippen LogP contribution in [0.3, 0.4) is 0 Å². The number of halogens is 3. The van der Waals surface area contributed by atoms with Crippen molar-refractivity contribution in [2.75, 3.05) is 10.6 Å². The van der Waals surface area contributed by atoms with Gasteiger partial charge in [0.15, 0.2) is 5.82 Å². The Labute approximate surface area is 232 Å². The van der Waals surface area contributed by atoms with Gasteiger partial charge in [0.2, 0.25) is 5.95 Å². The minimum Gasteiger partial charge on any atom is -0.373 e. The summed E-state index contributed by atoms with van der Waals surface area (Å²) >= 11 is 6.62. The molecule has 5 aromatic rings. The third-order valence-electron chi connectivity index (χ3n) is 6.22. The number of benzene rings is 1. The second-order valence-corrected chi connectivity index (χ2v) is 9.43. The molecule has 0 saturated heterocycles. The average molecular weight is 556 g/mol. The van der Waals surface area contributed by atoms with Crippen molar-refractivity contribution in [3.63, 3.8) is 0 Å². The highest BCUT2D eigenvalue weighted by atomic mass is 35.5. The van der Waals surface area contributed by atoms with Crippen molar-refractivity contribution >= 4 is 39.6 Å². The van der Waals surface area contributed by atoms with Crippen molar-refractivity contribution in [1.82, 2.24) is 29.9 Å². The molecule has 13 heteroatoms. The summed E-state index contributed by atoms with van der Waals surface area (Å²) in [7, 11) is 0. The fourth-order valence-electron chi connectivity index (χ4n) is 4.16. The van der Waals surface area contributed by atoms with Crippen molar-refractivity contribution < 1.29 is 10.2 Å². The van der Waals surface area contributed by atoms with Crippen LogP contribution in [-0.2, 0) is 0 Å². The number of pyridine rings is 3. The minimum atomic E-state index is -1.76. The van der Waals surface area contributed by atoms with Gasteiger partial charge in [0.05, 0.1) is 58.9 Å². The van der Waals surface area contributed by atoms with Crippen LogP contribution in [0, 0.1) is 34.4 Å². The highest BCUT2D eigenvalue weighted by Gasteiger charge is 2.27. The van der Waals surface area contributed by atoms with Crippen molar-refractivity contribution in [2.24, 2.45) is 0 Å². The maximum absolute atomic E-state index is 13.9. The number of anilines is 3. The van der Waals surface area contributed by atoms with Gasteiger partial charge in [-0.3, -0.25) is 9.97 Å². The monoisotopic (exact) mass is 555 g/mol.